The normalized spacial score (nSPS) is 17.2. The number of aromatic nitrogens is 3. The first-order chi connectivity index (χ1) is 18.0. The second-order valence-electron chi connectivity index (χ2n) is 8.96. The Morgan fingerprint density at radius 3 is 2.68 bits per heavy atom. The maximum atomic E-state index is 13.1. The van der Waals surface area contributed by atoms with Gasteiger partial charge in [0.15, 0.2) is 0 Å². The number of alkyl halides is 3. The monoisotopic (exact) mass is 604 g/mol. The van der Waals surface area contributed by atoms with Gasteiger partial charge in [-0.05, 0) is 89.1 Å². The number of nitrogens with one attached hydrogen (secondary N) is 1. The molecule has 3 aromatic heterocycles. The molecule has 3 N–H and O–H groups in total. The van der Waals surface area contributed by atoms with Crippen LogP contribution in [-0.2, 0) is 18.2 Å². The summed E-state index contributed by atoms with van der Waals surface area (Å²) in [5.41, 5.74) is 0.636. The van der Waals surface area contributed by atoms with Gasteiger partial charge in [-0.2, -0.15) is 13.2 Å². The quantitative estimate of drug-likeness (QED) is 0.232. The summed E-state index contributed by atoms with van der Waals surface area (Å²) in [6.45, 7) is 1.83. The van der Waals surface area contributed by atoms with Gasteiger partial charge in [0.1, 0.15) is 22.2 Å². The van der Waals surface area contributed by atoms with Crippen LogP contribution in [-0.4, -0.2) is 31.1 Å². The molecule has 0 bridgehead atoms. The van der Waals surface area contributed by atoms with Crippen LogP contribution in [0.3, 0.4) is 0 Å². The first-order valence-electron chi connectivity index (χ1n) is 11.5. The van der Waals surface area contributed by atoms with Crippen LogP contribution in [0.15, 0.2) is 53.3 Å². The molecule has 3 heterocycles. The van der Waals surface area contributed by atoms with Crippen molar-refractivity contribution in [3.8, 4) is 10.6 Å². The van der Waals surface area contributed by atoms with Crippen LogP contribution in [0.5, 0.6) is 0 Å². The summed E-state index contributed by atoms with van der Waals surface area (Å²) in [5.74, 6) is -0.734. The molecule has 0 radical (unpaired) electrons. The molecule has 0 fully saturated rings. The first kappa shape index (κ1) is 26.3. The Morgan fingerprint density at radius 2 is 1.95 bits per heavy atom. The van der Waals surface area contributed by atoms with Gasteiger partial charge in [-0.3, -0.25) is 0 Å². The fourth-order valence-corrected chi connectivity index (χ4v) is 6.09. The summed E-state index contributed by atoms with van der Waals surface area (Å²) >= 11 is 4.79. The lowest BCUT2D eigenvalue weighted by Gasteiger charge is -2.33. The van der Waals surface area contributed by atoms with Gasteiger partial charge >= 0.3 is 12.1 Å². The molecular weight excluding hydrogens is 585 g/mol. The van der Waals surface area contributed by atoms with E-state index in [1.165, 1.54) is 17.4 Å². The largest absolute Gasteiger partial charge is 0.478 e. The topological polar surface area (TPSA) is 108 Å². The van der Waals surface area contributed by atoms with Crippen molar-refractivity contribution in [2.75, 3.05) is 5.32 Å². The maximum Gasteiger partial charge on any atom is 0.416 e. The van der Waals surface area contributed by atoms with E-state index >= 15 is 0 Å². The number of fused-ring (bicyclic) bond motifs is 1. The molecule has 12 heteroatoms. The number of aromatic carboxylic acids is 1. The third kappa shape index (κ3) is 4.91. The van der Waals surface area contributed by atoms with Crippen molar-refractivity contribution in [3.05, 3.63) is 86.1 Å². The molecule has 0 saturated heterocycles. The zero-order valence-corrected chi connectivity index (χ0v) is 22.2. The van der Waals surface area contributed by atoms with Crippen LogP contribution in [0.2, 0.25) is 0 Å². The molecule has 38 heavy (non-hydrogen) atoms. The minimum absolute atomic E-state index is 0.00107. The molecular formula is C26H20BrF3N4O3S. The summed E-state index contributed by atoms with van der Waals surface area (Å²) in [6, 6.07) is 8.20. The van der Waals surface area contributed by atoms with Crippen molar-refractivity contribution >= 4 is 44.9 Å². The Kier molecular flexibility index (Phi) is 6.74. The van der Waals surface area contributed by atoms with Crippen LogP contribution >= 0.6 is 27.3 Å². The molecule has 0 spiro atoms. The molecule has 4 aromatic rings. The second-order valence-corrected chi connectivity index (χ2v) is 10.8. The summed E-state index contributed by atoms with van der Waals surface area (Å²) in [6.07, 6.45) is -0.0891. The Bertz CT molecular complexity index is 1560. The third-order valence-corrected chi connectivity index (χ3v) is 8.51. The highest BCUT2D eigenvalue weighted by Gasteiger charge is 2.39. The van der Waals surface area contributed by atoms with Crippen molar-refractivity contribution in [2.45, 2.75) is 38.0 Å². The number of hydrogen-bond donors (Lipinski definition) is 3. The van der Waals surface area contributed by atoms with Crippen molar-refractivity contribution in [3.63, 3.8) is 0 Å². The smallest absolute Gasteiger partial charge is 0.416 e. The number of aryl methyl sites for hydroxylation is 2. The van der Waals surface area contributed by atoms with Crippen LogP contribution in [0.4, 0.5) is 24.8 Å². The fourth-order valence-electron chi connectivity index (χ4n) is 4.49. The molecule has 196 valence electrons. The van der Waals surface area contributed by atoms with Crippen LogP contribution in [0.25, 0.3) is 10.6 Å². The van der Waals surface area contributed by atoms with Crippen molar-refractivity contribution in [1.29, 1.82) is 0 Å². The number of nitrogens with zero attached hydrogens (tertiary/aromatic N) is 3. The Hall–Kier alpha value is -3.35. The maximum absolute atomic E-state index is 13.1. The summed E-state index contributed by atoms with van der Waals surface area (Å²) in [4.78, 5) is 25.1. The third-order valence-electron chi connectivity index (χ3n) is 6.36. The van der Waals surface area contributed by atoms with Crippen molar-refractivity contribution < 1.29 is 28.2 Å². The molecule has 0 amide bonds. The zero-order chi connectivity index (χ0) is 27.2. The number of aliphatic hydroxyl groups is 1. The van der Waals surface area contributed by atoms with Gasteiger partial charge in [0, 0.05) is 16.9 Å². The summed E-state index contributed by atoms with van der Waals surface area (Å²) in [7, 11) is 0. The average molecular weight is 605 g/mol. The number of carboxylic acid groups (broad SMARTS) is 1. The lowest BCUT2D eigenvalue weighted by molar-refractivity contribution is -0.137. The van der Waals surface area contributed by atoms with E-state index in [2.05, 4.69) is 36.2 Å². The number of anilines is 2. The molecule has 1 atom stereocenters. The van der Waals surface area contributed by atoms with E-state index in [4.69, 9.17) is 0 Å². The van der Waals surface area contributed by atoms with Crippen LogP contribution in [0.1, 0.15) is 50.5 Å². The van der Waals surface area contributed by atoms with E-state index < -0.39 is 23.3 Å². The molecule has 7 nitrogen and oxygen atoms in total. The van der Waals surface area contributed by atoms with E-state index in [0.717, 1.165) is 29.5 Å². The molecule has 0 unspecified atom stereocenters. The van der Waals surface area contributed by atoms with E-state index in [9.17, 15) is 28.2 Å². The minimum atomic E-state index is -4.50. The van der Waals surface area contributed by atoms with Crippen molar-refractivity contribution in [2.24, 2.45) is 0 Å². The van der Waals surface area contributed by atoms with E-state index in [1.807, 2.05) is 6.92 Å². The van der Waals surface area contributed by atoms with Gasteiger partial charge in [0.05, 0.1) is 21.7 Å². The lowest BCUT2D eigenvalue weighted by atomic mass is 9.79. The SMILES string of the molecule is Cc1cc(Nc2cc(C(F)(F)F)ccn2)nc(-c2cnc([C@]3(O)CCCc4cc(C(=O)O)ccc43)s2)c1Br. The van der Waals surface area contributed by atoms with Gasteiger partial charge in [0.2, 0.25) is 0 Å². The Morgan fingerprint density at radius 1 is 1.16 bits per heavy atom. The minimum Gasteiger partial charge on any atom is -0.478 e. The number of halogens is 4. The number of rotatable bonds is 5. The standard InChI is InChI=1S/C26H20BrF3N4O3S/c1-13-9-20(33-19-11-16(6-8-31-19)26(28,29)30)34-22(21(13)27)18-12-32-24(38-18)25(37)7-2-3-14-10-15(23(35)36)4-5-17(14)25/h4-6,8-12,37H,2-3,7H2,1H3,(H,35,36)(H,31,33,34)/t25-/m0/s1. The van der Waals surface area contributed by atoms with Gasteiger partial charge in [-0.25, -0.2) is 19.7 Å². The highest BCUT2D eigenvalue weighted by atomic mass is 79.9. The second kappa shape index (κ2) is 9.75. The Labute approximate surface area is 227 Å². The molecule has 0 aliphatic heterocycles. The van der Waals surface area contributed by atoms with E-state index in [0.29, 0.717) is 50.7 Å². The van der Waals surface area contributed by atoms with E-state index in [-0.39, 0.29) is 11.4 Å². The number of carboxylic acids is 1. The molecule has 1 aliphatic rings. The molecule has 1 aromatic carbocycles. The van der Waals surface area contributed by atoms with Gasteiger partial charge in [0.25, 0.3) is 0 Å². The molecule has 5 rings (SSSR count). The van der Waals surface area contributed by atoms with Gasteiger partial charge in [-0.15, -0.1) is 11.3 Å². The number of carbonyl (C=O) groups is 1. The van der Waals surface area contributed by atoms with E-state index in [1.54, 1.807) is 24.4 Å². The predicted octanol–water partition coefficient (Wildman–Crippen LogP) is 6.70. The fraction of sp³-hybridized carbons (Fsp3) is 0.231. The number of thiazole rings is 1. The lowest BCUT2D eigenvalue weighted by Crippen LogP contribution is -2.32. The summed E-state index contributed by atoms with van der Waals surface area (Å²) < 4.78 is 40.0. The van der Waals surface area contributed by atoms with Gasteiger partial charge in [-0.1, -0.05) is 6.07 Å². The van der Waals surface area contributed by atoms with Gasteiger partial charge < -0.3 is 15.5 Å². The molecule has 1 aliphatic carbocycles. The molecule has 0 saturated carbocycles. The highest BCUT2D eigenvalue weighted by molar-refractivity contribution is 9.10. The number of pyridine rings is 2. The average Bonchev–Trinajstić information content (AvgIpc) is 3.37. The number of hydrogen-bond acceptors (Lipinski definition) is 7. The summed E-state index contributed by atoms with van der Waals surface area (Å²) in [5, 5.41) is 24.3. The van der Waals surface area contributed by atoms with Crippen molar-refractivity contribution in [1.82, 2.24) is 15.0 Å². The first-order valence-corrected chi connectivity index (χ1v) is 13.1. The highest BCUT2D eigenvalue weighted by Crippen LogP contribution is 2.45. The van der Waals surface area contributed by atoms with Crippen LogP contribution < -0.4 is 5.32 Å². The predicted molar refractivity (Wildman–Crippen MR) is 140 cm³/mol. The zero-order valence-electron chi connectivity index (χ0n) is 19.8. The van der Waals surface area contributed by atoms with Crippen LogP contribution in [0, 0.1) is 6.92 Å². The Balaban J connectivity index is 1.49. The number of benzene rings is 1.